The van der Waals surface area contributed by atoms with Gasteiger partial charge in [0.25, 0.3) is 11.5 Å². The van der Waals surface area contributed by atoms with Gasteiger partial charge in [-0.2, -0.15) is 0 Å². The van der Waals surface area contributed by atoms with Gasteiger partial charge in [0.2, 0.25) is 0 Å². The minimum atomic E-state index is -1.28. The zero-order valence-corrected chi connectivity index (χ0v) is 22.9. The Balaban J connectivity index is 1.31. The lowest BCUT2D eigenvalue weighted by Gasteiger charge is -2.45. The van der Waals surface area contributed by atoms with Gasteiger partial charge in [0.05, 0.1) is 11.0 Å². The van der Waals surface area contributed by atoms with Gasteiger partial charge in [-0.15, -0.1) is 0 Å². The zero-order chi connectivity index (χ0) is 27.6. The Bertz CT molecular complexity index is 1420. The van der Waals surface area contributed by atoms with E-state index < -0.39 is 23.5 Å². The Hall–Kier alpha value is -3.52. The van der Waals surface area contributed by atoms with Crippen LogP contribution in [0, 0.1) is 0 Å². The third-order valence-corrected chi connectivity index (χ3v) is 9.29. The number of hydrogen-bond acceptors (Lipinski definition) is 5. The van der Waals surface area contributed by atoms with Crippen molar-refractivity contribution in [3.05, 3.63) is 76.2 Å². The van der Waals surface area contributed by atoms with Crippen LogP contribution >= 0.6 is 0 Å². The second-order valence-electron chi connectivity index (χ2n) is 11.7. The third kappa shape index (κ3) is 5.17. The molecule has 3 fully saturated rings. The van der Waals surface area contributed by atoms with Gasteiger partial charge in [-0.25, -0.2) is 9.78 Å². The summed E-state index contributed by atoms with van der Waals surface area (Å²) in [6.07, 6.45) is 13.2. The summed E-state index contributed by atoms with van der Waals surface area (Å²) in [6.45, 7) is 0. The number of fused-ring (bicyclic) bond motifs is 3. The number of nitrogens with zero attached hydrogens (tertiary/aromatic N) is 3. The summed E-state index contributed by atoms with van der Waals surface area (Å²) >= 11 is 0. The van der Waals surface area contributed by atoms with Crippen molar-refractivity contribution in [1.29, 1.82) is 0 Å². The number of piperidine rings is 1. The van der Waals surface area contributed by atoms with E-state index in [1.165, 1.54) is 44.9 Å². The number of carbonyl (C=O) groups is 2. The predicted molar refractivity (Wildman–Crippen MR) is 153 cm³/mol. The Kier molecular flexibility index (Phi) is 7.69. The summed E-state index contributed by atoms with van der Waals surface area (Å²) in [4.78, 5) is 46.7. The number of carboxylic acid groups (broad SMARTS) is 1. The van der Waals surface area contributed by atoms with E-state index in [9.17, 15) is 19.5 Å². The highest BCUT2D eigenvalue weighted by molar-refractivity contribution is 5.96. The van der Waals surface area contributed by atoms with Crippen molar-refractivity contribution in [2.24, 2.45) is 0 Å². The number of aliphatic carboxylic acids is 1. The Morgan fingerprint density at radius 1 is 0.800 bits per heavy atom. The molecule has 2 N–H and O–H groups in total. The van der Waals surface area contributed by atoms with Gasteiger partial charge >= 0.3 is 5.97 Å². The molecule has 3 aromatic rings. The number of carboxylic acids is 1. The Morgan fingerprint density at radius 3 is 2.10 bits per heavy atom. The predicted octanol–water partition coefficient (Wildman–Crippen LogP) is 5.23. The molecule has 0 spiro atoms. The monoisotopic (exact) mass is 542 g/mol. The molecule has 2 aliphatic heterocycles. The molecule has 2 saturated heterocycles. The highest BCUT2D eigenvalue weighted by Gasteiger charge is 2.44. The van der Waals surface area contributed by atoms with Crippen molar-refractivity contribution in [1.82, 2.24) is 19.8 Å². The van der Waals surface area contributed by atoms with E-state index in [4.69, 9.17) is 0 Å². The molecular weight excluding hydrogens is 504 g/mol. The lowest BCUT2D eigenvalue weighted by Crippen LogP contribution is -2.50. The smallest absolute Gasteiger partial charge is 0.330 e. The lowest BCUT2D eigenvalue weighted by molar-refractivity contribution is -0.139. The fourth-order valence-corrected chi connectivity index (χ4v) is 7.52. The normalized spacial score (nSPS) is 24.8. The van der Waals surface area contributed by atoms with Crippen LogP contribution in [0.3, 0.4) is 0 Å². The number of nitrogens with one attached hydrogen (secondary N) is 1. The van der Waals surface area contributed by atoms with Crippen molar-refractivity contribution in [2.75, 3.05) is 0 Å². The lowest BCUT2D eigenvalue weighted by atomic mass is 9.89. The molecule has 3 heterocycles. The molecule has 2 bridgehead atoms. The van der Waals surface area contributed by atoms with Crippen LogP contribution in [-0.4, -0.2) is 49.6 Å². The maximum absolute atomic E-state index is 14.0. The number of amides is 1. The molecule has 40 heavy (non-hydrogen) atoms. The van der Waals surface area contributed by atoms with Crippen molar-refractivity contribution >= 4 is 22.9 Å². The molecule has 3 aliphatic rings. The molecule has 2 aromatic carbocycles. The third-order valence-electron chi connectivity index (χ3n) is 9.29. The zero-order valence-electron chi connectivity index (χ0n) is 22.9. The van der Waals surface area contributed by atoms with Gasteiger partial charge in [-0.3, -0.25) is 14.5 Å². The molecule has 1 aromatic heterocycles. The van der Waals surface area contributed by atoms with Gasteiger partial charge in [-0.1, -0.05) is 74.6 Å². The van der Waals surface area contributed by atoms with Crippen LogP contribution in [0.15, 0.2) is 59.4 Å². The summed E-state index contributed by atoms with van der Waals surface area (Å²) in [5, 5.41) is 12.4. The standard InChI is InChI=1S/C32H38N4O4/c37-30(34-28(32(39)40)21-11-5-4-6-12-21)29-31(38)36(27-16-10-9-15-26(27)33-29)25-19-23-17-18-24(20-25)35(23)22-13-7-2-1-3-8-14-22/h4-6,9-12,15-16,22-25,28H,1-3,7-8,13-14,17-20H2,(H,34,37)(H,39,40)/t23-,24+,25?,28-/m0/s1. The van der Waals surface area contributed by atoms with Crippen LogP contribution in [0.4, 0.5) is 0 Å². The number of hydrogen-bond donors (Lipinski definition) is 2. The molecule has 1 saturated carbocycles. The minimum absolute atomic E-state index is 0.0290. The van der Waals surface area contributed by atoms with Crippen LogP contribution in [0.25, 0.3) is 11.0 Å². The fourth-order valence-electron chi connectivity index (χ4n) is 7.52. The van der Waals surface area contributed by atoms with Gasteiger partial charge in [0, 0.05) is 24.2 Å². The van der Waals surface area contributed by atoms with Crippen molar-refractivity contribution in [2.45, 2.75) is 101 Å². The number of aromatic nitrogens is 2. The fraction of sp³-hybridized carbons (Fsp3) is 0.500. The van der Waals surface area contributed by atoms with Gasteiger partial charge < -0.3 is 15.0 Å². The van der Waals surface area contributed by atoms with E-state index >= 15 is 0 Å². The minimum Gasteiger partial charge on any atom is -0.479 e. The molecule has 1 aliphatic carbocycles. The molecule has 1 amide bonds. The molecule has 4 atom stereocenters. The molecule has 210 valence electrons. The largest absolute Gasteiger partial charge is 0.479 e. The quantitative estimate of drug-likeness (QED) is 0.442. The molecular formula is C32H38N4O4. The average molecular weight is 543 g/mol. The Morgan fingerprint density at radius 2 is 1.43 bits per heavy atom. The second-order valence-corrected chi connectivity index (χ2v) is 11.7. The number of carbonyl (C=O) groups excluding carboxylic acids is 1. The van der Waals surface area contributed by atoms with Crippen molar-refractivity contribution < 1.29 is 14.7 Å². The van der Waals surface area contributed by atoms with E-state index in [-0.39, 0.29) is 11.7 Å². The molecule has 0 radical (unpaired) electrons. The average Bonchev–Trinajstić information content (AvgIpc) is 3.20. The SMILES string of the molecule is O=C(N[C@H](C(=O)O)c1ccccc1)c1nc2ccccc2n(C2C[C@H]3CC[C@@H](C2)N3C2CCCCCCC2)c1=O. The topological polar surface area (TPSA) is 105 Å². The van der Waals surface area contributed by atoms with E-state index in [2.05, 4.69) is 15.2 Å². The van der Waals surface area contributed by atoms with E-state index in [0.717, 1.165) is 31.2 Å². The van der Waals surface area contributed by atoms with Gasteiger partial charge in [0.15, 0.2) is 11.7 Å². The summed E-state index contributed by atoms with van der Waals surface area (Å²) in [6, 6.07) is 16.2. The molecule has 6 rings (SSSR count). The summed E-state index contributed by atoms with van der Waals surface area (Å²) in [7, 11) is 0. The van der Waals surface area contributed by atoms with Crippen LogP contribution in [0.2, 0.25) is 0 Å². The van der Waals surface area contributed by atoms with E-state index in [1.54, 1.807) is 34.9 Å². The second kappa shape index (κ2) is 11.5. The maximum Gasteiger partial charge on any atom is 0.330 e. The van der Waals surface area contributed by atoms with Crippen LogP contribution < -0.4 is 10.9 Å². The number of para-hydroxylation sites is 2. The van der Waals surface area contributed by atoms with E-state index in [1.807, 2.05) is 24.3 Å². The van der Waals surface area contributed by atoms with Crippen molar-refractivity contribution in [3.63, 3.8) is 0 Å². The maximum atomic E-state index is 14.0. The van der Waals surface area contributed by atoms with Crippen LogP contribution in [0.1, 0.15) is 98.8 Å². The summed E-state index contributed by atoms with van der Waals surface area (Å²) < 4.78 is 1.79. The summed E-state index contributed by atoms with van der Waals surface area (Å²) in [5.41, 5.74) is 1.02. The first-order valence-electron chi connectivity index (χ1n) is 14.9. The number of rotatable bonds is 6. The highest BCUT2D eigenvalue weighted by atomic mass is 16.4. The number of benzene rings is 2. The van der Waals surface area contributed by atoms with Crippen LogP contribution in [0.5, 0.6) is 0 Å². The van der Waals surface area contributed by atoms with Gasteiger partial charge in [0.1, 0.15) is 0 Å². The van der Waals surface area contributed by atoms with E-state index in [0.29, 0.717) is 29.2 Å². The molecule has 8 heteroatoms. The van der Waals surface area contributed by atoms with Gasteiger partial charge in [-0.05, 0) is 56.2 Å². The first kappa shape index (κ1) is 26.7. The molecule has 8 nitrogen and oxygen atoms in total. The highest BCUT2D eigenvalue weighted by Crippen LogP contribution is 2.44. The van der Waals surface area contributed by atoms with Crippen molar-refractivity contribution in [3.8, 4) is 0 Å². The summed E-state index contributed by atoms with van der Waals surface area (Å²) in [5.74, 6) is -1.96. The molecule has 1 unspecified atom stereocenters. The first-order valence-corrected chi connectivity index (χ1v) is 14.9. The van der Waals surface area contributed by atoms with Crippen LogP contribution in [-0.2, 0) is 4.79 Å². The Labute approximate surface area is 234 Å². The first-order chi connectivity index (χ1) is 19.5.